The molecular formula is C9H7BrClN3S. The van der Waals surface area contributed by atoms with Gasteiger partial charge >= 0.3 is 0 Å². The number of pyridine rings is 1. The van der Waals surface area contributed by atoms with E-state index in [0.717, 1.165) is 26.6 Å². The van der Waals surface area contributed by atoms with Gasteiger partial charge in [0.05, 0.1) is 0 Å². The normalized spacial score (nSPS) is 10.5. The highest BCUT2D eigenvalue weighted by molar-refractivity contribution is 9.10. The summed E-state index contributed by atoms with van der Waals surface area (Å²) in [5.41, 5.74) is 0.844. The Morgan fingerprint density at radius 1 is 1.33 bits per heavy atom. The summed E-state index contributed by atoms with van der Waals surface area (Å²) in [6.45, 7) is 0. The predicted molar refractivity (Wildman–Crippen MR) is 65.3 cm³/mol. The maximum absolute atomic E-state index is 5.63. The lowest BCUT2D eigenvalue weighted by molar-refractivity contribution is 0.987. The molecule has 2 aromatic rings. The van der Waals surface area contributed by atoms with Crippen molar-refractivity contribution in [2.24, 2.45) is 0 Å². The number of aryl methyl sites for hydroxylation is 1. The molecule has 0 atom stereocenters. The average Bonchev–Trinajstić information content (AvgIpc) is 2.68. The highest BCUT2D eigenvalue weighted by atomic mass is 79.9. The Morgan fingerprint density at radius 3 is 2.87 bits per heavy atom. The fourth-order valence-electron chi connectivity index (χ4n) is 1.04. The third kappa shape index (κ3) is 2.74. The van der Waals surface area contributed by atoms with Crippen molar-refractivity contribution < 1.29 is 0 Å². The van der Waals surface area contributed by atoms with Gasteiger partial charge in [-0.15, -0.1) is 21.8 Å². The van der Waals surface area contributed by atoms with Gasteiger partial charge in [-0.3, -0.25) is 4.98 Å². The van der Waals surface area contributed by atoms with Gasteiger partial charge in [-0.25, -0.2) is 0 Å². The molecule has 78 valence electrons. The SMILES string of the molecule is ClCCc1nnc(-c2ccc(Br)cn2)s1. The van der Waals surface area contributed by atoms with Crippen LogP contribution in [-0.2, 0) is 6.42 Å². The molecule has 0 aliphatic carbocycles. The molecule has 0 fully saturated rings. The molecule has 3 nitrogen and oxygen atoms in total. The van der Waals surface area contributed by atoms with Gasteiger partial charge in [0.2, 0.25) is 0 Å². The predicted octanol–water partition coefficient (Wildman–Crippen LogP) is 3.14. The minimum Gasteiger partial charge on any atom is -0.252 e. The molecule has 0 unspecified atom stereocenters. The Hall–Kier alpha value is -0.520. The zero-order chi connectivity index (χ0) is 10.7. The standard InChI is InChI=1S/C9H7BrClN3S/c10-6-1-2-7(12-5-6)9-14-13-8(15-9)3-4-11/h1-2,5H,3-4H2. The number of hydrogen-bond donors (Lipinski definition) is 0. The second kappa shape index (κ2) is 5.01. The lowest BCUT2D eigenvalue weighted by Gasteiger charge is -1.93. The number of hydrogen-bond acceptors (Lipinski definition) is 4. The summed E-state index contributed by atoms with van der Waals surface area (Å²) in [4.78, 5) is 4.25. The van der Waals surface area contributed by atoms with Gasteiger partial charge in [0.15, 0.2) is 5.01 Å². The van der Waals surface area contributed by atoms with Gasteiger partial charge in [-0.05, 0) is 28.1 Å². The summed E-state index contributed by atoms with van der Waals surface area (Å²) in [6.07, 6.45) is 2.51. The second-order valence-electron chi connectivity index (χ2n) is 2.80. The molecule has 15 heavy (non-hydrogen) atoms. The van der Waals surface area contributed by atoms with Crippen molar-refractivity contribution in [2.75, 3.05) is 5.88 Å². The van der Waals surface area contributed by atoms with Crippen molar-refractivity contribution in [1.82, 2.24) is 15.2 Å². The van der Waals surface area contributed by atoms with Crippen molar-refractivity contribution in [3.05, 3.63) is 27.8 Å². The molecule has 0 amide bonds. The van der Waals surface area contributed by atoms with Gasteiger partial charge in [-0.2, -0.15) is 0 Å². The summed E-state index contributed by atoms with van der Waals surface area (Å²) in [5, 5.41) is 9.89. The molecular weight excluding hydrogens is 298 g/mol. The van der Waals surface area contributed by atoms with Crippen LogP contribution in [0.2, 0.25) is 0 Å². The Morgan fingerprint density at radius 2 is 2.20 bits per heavy atom. The zero-order valence-electron chi connectivity index (χ0n) is 7.65. The highest BCUT2D eigenvalue weighted by Crippen LogP contribution is 2.22. The quantitative estimate of drug-likeness (QED) is 0.818. The van der Waals surface area contributed by atoms with Gasteiger partial charge in [0, 0.05) is 23.0 Å². The first-order valence-corrected chi connectivity index (χ1v) is 6.44. The molecule has 0 bridgehead atoms. The first-order chi connectivity index (χ1) is 7.29. The third-order valence-corrected chi connectivity index (χ3v) is 3.39. The van der Waals surface area contributed by atoms with Crippen LogP contribution in [0, 0.1) is 0 Å². The van der Waals surface area contributed by atoms with Crippen LogP contribution in [0.5, 0.6) is 0 Å². The van der Waals surface area contributed by atoms with Crippen LogP contribution in [0.1, 0.15) is 5.01 Å². The van der Waals surface area contributed by atoms with E-state index in [9.17, 15) is 0 Å². The van der Waals surface area contributed by atoms with Crippen LogP contribution in [-0.4, -0.2) is 21.1 Å². The minimum atomic E-state index is 0.572. The Bertz CT molecular complexity index is 443. The van der Waals surface area contributed by atoms with Crippen molar-refractivity contribution in [1.29, 1.82) is 0 Å². The smallest absolute Gasteiger partial charge is 0.166 e. The van der Waals surface area contributed by atoms with Crippen molar-refractivity contribution in [3.63, 3.8) is 0 Å². The molecule has 0 N–H and O–H groups in total. The molecule has 0 saturated carbocycles. The summed E-state index contributed by atoms with van der Waals surface area (Å²) in [7, 11) is 0. The van der Waals surface area contributed by atoms with Crippen molar-refractivity contribution in [2.45, 2.75) is 6.42 Å². The summed E-state index contributed by atoms with van der Waals surface area (Å²) in [6, 6.07) is 3.85. The van der Waals surface area contributed by atoms with E-state index in [1.807, 2.05) is 12.1 Å². The van der Waals surface area contributed by atoms with E-state index < -0.39 is 0 Å². The van der Waals surface area contributed by atoms with Crippen LogP contribution in [0.3, 0.4) is 0 Å². The average molecular weight is 305 g/mol. The van der Waals surface area contributed by atoms with Gasteiger partial charge in [0.25, 0.3) is 0 Å². The van der Waals surface area contributed by atoms with E-state index in [1.54, 1.807) is 6.20 Å². The maximum atomic E-state index is 5.63. The van der Waals surface area contributed by atoms with E-state index >= 15 is 0 Å². The lowest BCUT2D eigenvalue weighted by atomic mass is 10.4. The second-order valence-corrected chi connectivity index (χ2v) is 5.16. The van der Waals surface area contributed by atoms with Crippen LogP contribution in [0.15, 0.2) is 22.8 Å². The zero-order valence-corrected chi connectivity index (χ0v) is 10.8. The van der Waals surface area contributed by atoms with Crippen molar-refractivity contribution >= 4 is 38.9 Å². The third-order valence-electron chi connectivity index (χ3n) is 1.72. The topological polar surface area (TPSA) is 38.7 Å². The Labute approximate surface area is 105 Å². The van der Waals surface area contributed by atoms with Gasteiger partial charge < -0.3 is 0 Å². The molecule has 2 rings (SSSR count). The highest BCUT2D eigenvalue weighted by Gasteiger charge is 2.06. The number of nitrogens with zero attached hydrogens (tertiary/aromatic N) is 3. The van der Waals surface area contributed by atoms with Crippen LogP contribution < -0.4 is 0 Å². The lowest BCUT2D eigenvalue weighted by Crippen LogP contribution is -1.83. The first kappa shape index (κ1) is 11.0. The number of aromatic nitrogens is 3. The van der Waals surface area contributed by atoms with E-state index in [0.29, 0.717) is 5.88 Å². The van der Waals surface area contributed by atoms with Gasteiger partial charge in [0.1, 0.15) is 10.7 Å². The maximum Gasteiger partial charge on any atom is 0.166 e. The summed E-state index contributed by atoms with van der Waals surface area (Å²) >= 11 is 10.5. The Kier molecular flexibility index (Phi) is 3.66. The molecule has 0 aliphatic heterocycles. The fraction of sp³-hybridized carbons (Fsp3) is 0.222. The largest absolute Gasteiger partial charge is 0.252 e. The molecule has 2 heterocycles. The van der Waals surface area contributed by atoms with Crippen LogP contribution in [0.25, 0.3) is 10.7 Å². The monoisotopic (exact) mass is 303 g/mol. The minimum absolute atomic E-state index is 0.572. The molecule has 0 saturated heterocycles. The number of rotatable bonds is 3. The van der Waals surface area contributed by atoms with Crippen LogP contribution >= 0.6 is 38.9 Å². The number of alkyl halides is 1. The molecule has 0 radical (unpaired) electrons. The molecule has 0 aromatic carbocycles. The van der Waals surface area contributed by atoms with Gasteiger partial charge in [-0.1, -0.05) is 11.3 Å². The first-order valence-electron chi connectivity index (χ1n) is 4.30. The van der Waals surface area contributed by atoms with E-state index in [1.165, 1.54) is 11.3 Å². The molecule has 6 heteroatoms. The Balaban J connectivity index is 2.25. The fourth-order valence-corrected chi connectivity index (χ4v) is 2.38. The molecule has 0 spiro atoms. The molecule has 0 aliphatic rings. The van der Waals surface area contributed by atoms with E-state index in [-0.39, 0.29) is 0 Å². The van der Waals surface area contributed by atoms with E-state index in [2.05, 4.69) is 31.1 Å². The summed E-state index contributed by atoms with van der Waals surface area (Å²) in [5.74, 6) is 0.572. The van der Waals surface area contributed by atoms with E-state index in [4.69, 9.17) is 11.6 Å². The molecule has 2 aromatic heterocycles. The van der Waals surface area contributed by atoms with Crippen LogP contribution in [0.4, 0.5) is 0 Å². The summed E-state index contributed by atoms with van der Waals surface area (Å²) < 4.78 is 0.955. The number of halogens is 2. The van der Waals surface area contributed by atoms with Crippen molar-refractivity contribution in [3.8, 4) is 10.7 Å².